The number of carbonyl (C=O) groups is 2. The first-order chi connectivity index (χ1) is 13.5. The van der Waals surface area contributed by atoms with Crippen molar-refractivity contribution in [1.29, 1.82) is 0 Å². The van der Waals surface area contributed by atoms with E-state index in [2.05, 4.69) is 5.16 Å². The maximum absolute atomic E-state index is 13.0. The zero-order chi connectivity index (χ0) is 19.7. The summed E-state index contributed by atoms with van der Waals surface area (Å²) in [5.41, 5.74) is 0.520. The molecular weight excluding hydrogens is 358 g/mol. The topological polar surface area (TPSA) is 75.9 Å². The van der Waals surface area contributed by atoms with E-state index in [9.17, 15) is 9.59 Å². The number of rotatable bonds is 2. The number of nitrogens with zero attached hydrogens (tertiary/aromatic N) is 3. The van der Waals surface area contributed by atoms with Gasteiger partial charge in [-0.2, -0.15) is 0 Å². The van der Waals surface area contributed by atoms with Gasteiger partial charge in [-0.15, -0.1) is 0 Å². The van der Waals surface area contributed by atoms with Gasteiger partial charge in [0, 0.05) is 38.2 Å². The molecule has 4 rings (SSSR count). The summed E-state index contributed by atoms with van der Waals surface area (Å²) in [7, 11) is 1.86. The minimum absolute atomic E-state index is 0.0789. The molecule has 1 spiro atoms. The highest BCUT2D eigenvalue weighted by Gasteiger charge is 2.43. The molecule has 0 atom stereocenters. The standard InChI is InChI=1S/C21H25N3O4/c1-15(25)23(2)17-7-10-21(11-8-17)14-24(20(26)19-9-12-22-28-19)13-16-5-3-4-6-18(16)27-21/h3-6,9,12,17H,7-8,10-11,13-14H2,1-2H3. The van der Waals surface area contributed by atoms with E-state index in [1.54, 1.807) is 17.9 Å². The van der Waals surface area contributed by atoms with Crippen molar-refractivity contribution in [3.8, 4) is 5.75 Å². The Morgan fingerprint density at radius 3 is 2.64 bits per heavy atom. The summed E-state index contributed by atoms with van der Waals surface area (Å²) in [6.07, 6.45) is 4.74. The average molecular weight is 383 g/mol. The van der Waals surface area contributed by atoms with Gasteiger partial charge in [0.15, 0.2) is 0 Å². The molecule has 0 N–H and O–H groups in total. The second kappa shape index (κ2) is 7.30. The zero-order valence-electron chi connectivity index (χ0n) is 16.3. The van der Waals surface area contributed by atoms with Crippen LogP contribution < -0.4 is 4.74 Å². The van der Waals surface area contributed by atoms with Gasteiger partial charge >= 0.3 is 0 Å². The fourth-order valence-corrected chi connectivity index (χ4v) is 4.27. The van der Waals surface area contributed by atoms with Crippen LogP contribution in [0.2, 0.25) is 0 Å². The van der Waals surface area contributed by atoms with Gasteiger partial charge in [-0.1, -0.05) is 23.4 Å². The number of ether oxygens (including phenoxy) is 1. The maximum Gasteiger partial charge on any atom is 0.292 e. The third-order valence-corrected chi connectivity index (χ3v) is 5.99. The summed E-state index contributed by atoms with van der Waals surface area (Å²) in [5, 5.41) is 3.66. The van der Waals surface area contributed by atoms with Crippen LogP contribution in [0.15, 0.2) is 41.1 Å². The molecule has 1 aliphatic heterocycles. The molecule has 7 nitrogen and oxygen atoms in total. The van der Waals surface area contributed by atoms with Crippen molar-refractivity contribution in [3.63, 3.8) is 0 Å². The molecule has 1 aromatic heterocycles. The van der Waals surface area contributed by atoms with Crippen LogP contribution in [0.4, 0.5) is 0 Å². The molecule has 148 valence electrons. The minimum atomic E-state index is -0.462. The van der Waals surface area contributed by atoms with Crippen molar-refractivity contribution in [3.05, 3.63) is 47.9 Å². The van der Waals surface area contributed by atoms with Gasteiger partial charge in [0.25, 0.3) is 5.91 Å². The smallest absolute Gasteiger partial charge is 0.292 e. The molecule has 0 radical (unpaired) electrons. The van der Waals surface area contributed by atoms with E-state index < -0.39 is 5.60 Å². The fraction of sp³-hybridized carbons (Fsp3) is 0.476. The molecule has 1 saturated carbocycles. The van der Waals surface area contributed by atoms with Crippen LogP contribution >= 0.6 is 0 Å². The summed E-state index contributed by atoms with van der Waals surface area (Å²) in [6.45, 7) is 2.55. The van der Waals surface area contributed by atoms with Crippen LogP contribution in [-0.4, -0.2) is 52.0 Å². The van der Waals surface area contributed by atoms with E-state index in [1.807, 2.05) is 36.2 Å². The Hall–Kier alpha value is -2.83. The van der Waals surface area contributed by atoms with E-state index >= 15 is 0 Å². The Labute approximate surface area is 164 Å². The van der Waals surface area contributed by atoms with Crippen LogP contribution in [0.3, 0.4) is 0 Å². The predicted molar refractivity (Wildman–Crippen MR) is 102 cm³/mol. The number of amides is 2. The minimum Gasteiger partial charge on any atom is -0.485 e. The van der Waals surface area contributed by atoms with Crippen LogP contribution in [0.1, 0.15) is 48.7 Å². The molecule has 0 saturated heterocycles. The van der Waals surface area contributed by atoms with E-state index in [1.165, 1.54) is 6.20 Å². The molecular formula is C21H25N3O4. The third kappa shape index (κ3) is 3.48. The molecule has 1 aromatic carbocycles. The molecule has 0 bridgehead atoms. The molecule has 1 fully saturated rings. The Bertz CT molecular complexity index is 856. The Morgan fingerprint density at radius 2 is 1.96 bits per heavy atom. The summed E-state index contributed by atoms with van der Waals surface area (Å²) in [5.74, 6) is 0.962. The lowest BCUT2D eigenvalue weighted by molar-refractivity contribution is -0.131. The Morgan fingerprint density at radius 1 is 1.21 bits per heavy atom. The molecule has 2 aromatic rings. The lowest BCUT2D eigenvalue weighted by atomic mass is 9.81. The first-order valence-corrected chi connectivity index (χ1v) is 9.68. The number of carbonyl (C=O) groups excluding carboxylic acids is 2. The Balaban J connectivity index is 1.60. The molecule has 2 amide bonds. The second-order valence-electron chi connectivity index (χ2n) is 7.79. The van der Waals surface area contributed by atoms with Crippen molar-refractivity contribution < 1.29 is 18.8 Å². The predicted octanol–water partition coefficient (Wildman–Crippen LogP) is 2.87. The molecule has 2 aliphatic rings. The number of para-hydroxylation sites is 1. The average Bonchev–Trinajstić information content (AvgIpc) is 3.18. The van der Waals surface area contributed by atoms with Crippen LogP contribution in [0.25, 0.3) is 0 Å². The summed E-state index contributed by atoms with van der Waals surface area (Å²) < 4.78 is 11.6. The van der Waals surface area contributed by atoms with Gasteiger partial charge < -0.3 is 19.1 Å². The van der Waals surface area contributed by atoms with E-state index in [-0.39, 0.29) is 23.6 Å². The number of aromatic nitrogens is 1. The molecule has 1 aliphatic carbocycles. The first kappa shape index (κ1) is 18.5. The van der Waals surface area contributed by atoms with E-state index in [4.69, 9.17) is 9.26 Å². The van der Waals surface area contributed by atoms with Crippen molar-refractivity contribution in [1.82, 2.24) is 15.0 Å². The number of benzene rings is 1. The third-order valence-electron chi connectivity index (χ3n) is 5.99. The second-order valence-corrected chi connectivity index (χ2v) is 7.79. The normalized spacial score (nSPS) is 24.2. The maximum atomic E-state index is 13.0. The first-order valence-electron chi connectivity index (χ1n) is 9.68. The SMILES string of the molecule is CC(=O)N(C)C1CCC2(CC1)CN(C(=O)c1ccno1)Cc1ccccc1O2. The summed E-state index contributed by atoms with van der Waals surface area (Å²) >= 11 is 0. The highest BCUT2D eigenvalue weighted by atomic mass is 16.5. The number of hydrogen-bond donors (Lipinski definition) is 0. The lowest BCUT2D eigenvalue weighted by Crippen LogP contribution is -2.52. The molecule has 7 heteroatoms. The van der Waals surface area contributed by atoms with E-state index in [0.717, 1.165) is 37.0 Å². The van der Waals surface area contributed by atoms with Gasteiger partial charge in [0.1, 0.15) is 11.4 Å². The van der Waals surface area contributed by atoms with Gasteiger partial charge in [0.2, 0.25) is 11.7 Å². The number of fused-ring (bicyclic) bond motifs is 1. The Kier molecular flexibility index (Phi) is 4.83. The van der Waals surface area contributed by atoms with Gasteiger partial charge in [-0.25, -0.2) is 0 Å². The van der Waals surface area contributed by atoms with Crippen molar-refractivity contribution >= 4 is 11.8 Å². The summed E-state index contributed by atoms with van der Waals surface area (Å²) in [6, 6.07) is 9.66. The van der Waals surface area contributed by atoms with E-state index in [0.29, 0.717) is 13.1 Å². The van der Waals surface area contributed by atoms with Gasteiger partial charge in [-0.3, -0.25) is 9.59 Å². The van der Waals surface area contributed by atoms with Crippen LogP contribution in [0.5, 0.6) is 5.75 Å². The molecule has 2 heterocycles. The molecule has 28 heavy (non-hydrogen) atoms. The zero-order valence-corrected chi connectivity index (χ0v) is 16.3. The summed E-state index contributed by atoms with van der Waals surface area (Å²) in [4.78, 5) is 28.3. The monoisotopic (exact) mass is 383 g/mol. The number of hydrogen-bond acceptors (Lipinski definition) is 5. The largest absolute Gasteiger partial charge is 0.485 e. The van der Waals surface area contributed by atoms with Crippen LogP contribution in [0, 0.1) is 0 Å². The van der Waals surface area contributed by atoms with Crippen molar-refractivity contribution in [2.24, 2.45) is 0 Å². The van der Waals surface area contributed by atoms with Crippen LogP contribution in [-0.2, 0) is 11.3 Å². The highest BCUT2D eigenvalue weighted by Crippen LogP contribution is 2.39. The van der Waals surface area contributed by atoms with Crippen molar-refractivity contribution in [2.75, 3.05) is 13.6 Å². The van der Waals surface area contributed by atoms with Gasteiger partial charge in [0.05, 0.1) is 12.7 Å². The fourth-order valence-electron chi connectivity index (χ4n) is 4.27. The van der Waals surface area contributed by atoms with Gasteiger partial charge in [-0.05, 0) is 31.7 Å². The highest BCUT2D eigenvalue weighted by molar-refractivity contribution is 5.91. The quantitative estimate of drug-likeness (QED) is 0.797. The lowest BCUT2D eigenvalue weighted by Gasteiger charge is -2.43. The van der Waals surface area contributed by atoms with Crippen molar-refractivity contribution in [2.45, 2.75) is 50.8 Å². The molecule has 0 unspecified atom stereocenters.